The van der Waals surface area contributed by atoms with Gasteiger partial charge in [0.05, 0.1) is 17.2 Å². The quantitative estimate of drug-likeness (QED) is 0.505. The van der Waals surface area contributed by atoms with Crippen LogP contribution in [0.2, 0.25) is 10.0 Å². The third-order valence-electron chi connectivity index (χ3n) is 3.01. The largest absolute Gasteiger partial charge is 0.477 e. The lowest BCUT2D eigenvalue weighted by Crippen LogP contribution is -2.25. The maximum absolute atomic E-state index is 14.2. The van der Waals surface area contributed by atoms with Gasteiger partial charge in [0.15, 0.2) is 6.10 Å². The monoisotopic (exact) mass is 417 g/mol. The molecule has 0 saturated carbocycles. The van der Waals surface area contributed by atoms with Crippen LogP contribution in [-0.4, -0.2) is 23.6 Å². The van der Waals surface area contributed by atoms with E-state index in [0.29, 0.717) is 0 Å². The van der Waals surface area contributed by atoms with Crippen molar-refractivity contribution in [2.45, 2.75) is 19.2 Å². The molecule has 0 bridgehead atoms. The number of alkyl halides is 3. The molecule has 11 heteroatoms. The number of hydrogen-bond acceptors (Lipinski definition) is 5. The van der Waals surface area contributed by atoms with Crippen LogP contribution in [-0.2, 0) is 15.7 Å². The number of rotatable bonds is 4. The summed E-state index contributed by atoms with van der Waals surface area (Å²) >= 11 is 11.6. The molecule has 0 N–H and O–H groups in total. The molecule has 0 spiro atoms. The van der Waals surface area contributed by atoms with Gasteiger partial charge in [-0.25, -0.2) is 9.18 Å². The molecule has 0 aliphatic carbocycles. The Morgan fingerprint density at radius 2 is 1.96 bits per heavy atom. The molecule has 1 unspecified atom stereocenters. The van der Waals surface area contributed by atoms with Crippen molar-refractivity contribution in [3.63, 3.8) is 0 Å². The fraction of sp³-hybridized carbons (Fsp3) is 0.286. The molecular weight excluding hydrogens is 409 g/mol. The fourth-order valence-electron chi connectivity index (χ4n) is 1.83. The summed E-state index contributed by atoms with van der Waals surface area (Å²) in [5.41, 5.74) is -0.739. The molecule has 136 valence electrons. The van der Waals surface area contributed by atoms with Crippen molar-refractivity contribution < 1.29 is 31.8 Å². The van der Waals surface area contributed by atoms with Gasteiger partial charge >= 0.3 is 12.1 Å². The van der Waals surface area contributed by atoms with Gasteiger partial charge in [0.1, 0.15) is 22.1 Å². The lowest BCUT2D eigenvalue weighted by atomic mass is 10.1. The number of carbonyl (C=O) groups is 1. The van der Waals surface area contributed by atoms with E-state index in [9.17, 15) is 22.4 Å². The van der Waals surface area contributed by atoms with E-state index < -0.39 is 39.7 Å². The van der Waals surface area contributed by atoms with Crippen LogP contribution >= 0.6 is 34.7 Å². The zero-order chi connectivity index (χ0) is 18.9. The van der Waals surface area contributed by atoms with Crippen LogP contribution in [0, 0.1) is 5.82 Å². The van der Waals surface area contributed by atoms with Crippen molar-refractivity contribution in [1.82, 2.24) is 4.37 Å². The van der Waals surface area contributed by atoms with Crippen LogP contribution < -0.4 is 4.74 Å². The van der Waals surface area contributed by atoms with E-state index in [1.165, 1.54) is 6.92 Å². The molecule has 4 nitrogen and oxygen atoms in total. The van der Waals surface area contributed by atoms with E-state index in [1.807, 2.05) is 0 Å². The Bertz CT molecular complexity index is 810. The molecule has 1 heterocycles. The molecule has 0 fully saturated rings. The van der Waals surface area contributed by atoms with E-state index >= 15 is 0 Å². The predicted octanol–water partition coefficient (Wildman–Crippen LogP) is 5.22. The minimum atomic E-state index is -4.71. The molecule has 0 amide bonds. The van der Waals surface area contributed by atoms with Crippen LogP contribution in [0.1, 0.15) is 11.8 Å². The summed E-state index contributed by atoms with van der Waals surface area (Å²) in [6, 6.07) is 1.86. The first-order valence-electron chi connectivity index (χ1n) is 6.52. The Hall–Kier alpha value is -1.58. The van der Waals surface area contributed by atoms with E-state index in [0.717, 1.165) is 19.2 Å². The van der Waals surface area contributed by atoms with Crippen molar-refractivity contribution in [2.75, 3.05) is 7.11 Å². The second-order valence-corrected chi connectivity index (χ2v) is 6.28. The maximum Gasteiger partial charge on any atom is 0.428 e. The van der Waals surface area contributed by atoms with Crippen molar-refractivity contribution >= 4 is 40.7 Å². The summed E-state index contributed by atoms with van der Waals surface area (Å²) in [5.74, 6) is -1.79. The molecule has 1 aromatic carbocycles. The van der Waals surface area contributed by atoms with E-state index in [2.05, 4.69) is 9.11 Å². The van der Waals surface area contributed by atoms with Gasteiger partial charge in [0.25, 0.3) is 0 Å². The number of ether oxygens (including phenoxy) is 2. The molecule has 1 atom stereocenters. The van der Waals surface area contributed by atoms with Gasteiger partial charge in [-0.2, -0.15) is 17.5 Å². The summed E-state index contributed by atoms with van der Waals surface area (Å²) in [5, 5.41) is -0.912. The Kier molecular flexibility index (Phi) is 5.80. The Balaban J connectivity index is 2.48. The Labute approximate surface area is 153 Å². The predicted molar refractivity (Wildman–Crippen MR) is 84.6 cm³/mol. The van der Waals surface area contributed by atoms with Crippen LogP contribution in [0.4, 0.5) is 17.6 Å². The lowest BCUT2D eigenvalue weighted by molar-refractivity contribution is -0.147. The molecule has 0 saturated heterocycles. The normalized spacial score (nSPS) is 12.8. The zero-order valence-electron chi connectivity index (χ0n) is 12.6. The molecule has 0 aliphatic heterocycles. The average molecular weight is 418 g/mol. The highest BCUT2D eigenvalue weighted by molar-refractivity contribution is 7.06. The SMILES string of the molecule is COC(=O)C(C)Oc1cc(-c2nsc(C(F)(F)F)c2Cl)c(F)cc1Cl. The topological polar surface area (TPSA) is 48.4 Å². The Morgan fingerprint density at radius 3 is 2.48 bits per heavy atom. The molecule has 2 rings (SSSR count). The number of carbonyl (C=O) groups excluding carboxylic acids is 1. The number of halogens is 6. The highest BCUT2D eigenvalue weighted by Crippen LogP contribution is 2.44. The first kappa shape index (κ1) is 19.7. The first-order chi connectivity index (χ1) is 11.6. The number of nitrogens with zero attached hydrogens (tertiary/aromatic N) is 1. The molecule has 1 aromatic heterocycles. The molecule has 2 aromatic rings. The highest BCUT2D eigenvalue weighted by atomic mass is 35.5. The van der Waals surface area contributed by atoms with Crippen molar-refractivity contribution in [2.24, 2.45) is 0 Å². The lowest BCUT2D eigenvalue weighted by Gasteiger charge is -2.15. The minimum absolute atomic E-state index is 0.0976. The van der Waals surface area contributed by atoms with Gasteiger partial charge in [-0.3, -0.25) is 0 Å². The smallest absolute Gasteiger partial charge is 0.428 e. The van der Waals surface area contributed by atoms with E-state index in [1.54, 1.807) is 0 Å². The van der Waals surface area contributed by atoms with Gasteiger partial charge in [-0.15, -0.1) is 0 Å². The van der Waals surface area contributed by atoms with Crippen LogP contribution in [0.5, 0.6) is 5.75 Å². The van der Waals surface area contributed by atoms with Crippen LogP contribution in [0.3, 0.4) is 0 Å². The second-order valence-electron chi connectivity index (χ2n) is 4.72. The standard InChI is InChI=1S/C14H9Cl2F4NO3S/c1-5(13(22)23-2)24-9-3-6(8(17)4-7(9)15)11-10(16)12(25-21-11)14(18,19)20/h3-5H,1-2H3. The summed E-state index contributed by atoms with van der Waals surface area (Å²) in [4.78, 5) is 10.2. The zero-order valence-corrected chi connectivity index (χ0v) is 14.9. The maximum atomic E-state index is 14.2. The molecule has 25 heavy (non-hydrogen) atoms. The second kappa shape index (κ2) is 7.35. The van der Waals surface area contributed by atoms with Gasteiger partial charge in [0.2, 0.25) is 0 Å². The number of aromatic nitrogens is 1. The molecule has 0 aliphatic rings. The van der Waals surface area contributed by atoms with E-state index in [-0.39, 0.29) is 27.9 Å². The molecular formula is C14H9Cl2F4NO3S. The molecule has 0 radical (unpaired) electrons. The van der Waals surface area contributed by atoms with Gasteiger partial charge < -0.3 is 9.47 Å². The van der Waals surface area contributed by atoms with Crippen molar-refractivity contribution in [3.05, 3.63) is 32.9 Å². The van der Waals surface area contributed by atoms with Crippen molar-refractivity contribution in [1.29, 1.82) is 0 Å². The van der Waals surface area contributed by atoms with Gasteiger partial charge in [0, 0.05) is 5.56 Å². The number of hydrogen-bond donors (Lipinski definition) is 0. The van der Waals surface area contributed by atoms with E-state index in [4.69, 9.17) is 27.9 Å². The number of benzene rings is 1. The summed E-state index contributed by atoms with van der Waals surface area (Å²) < 4.78 is 65.9. The summed E-state index contributed by atoms with van der Waals surface area (Å²) in [7, 11) is 1.15. The van der Waals surface area contributed by atoms with Gasteiger partial charge in [-0.05, 0) is 30.6 Å². The first-order valence-corrected chi connectivity index (χ1v) is 8.05. The number of esters is 1. The summed E-state index contributed by atoms with van der Waals surface area (Å²) in [6.07, 6.45) is -5.79. The third kappa shape index (κ3) is 4.16. The third-order valence-corrected chi connectivity index (χ3v) is 4.67. The summed E-state index contributed by atoms with van der Waals surface area (Å²) in [6.45, 7) is 1.36. The van der Waals surface area contributed by atoms with Crippen LogP contribution in [0.15, 0.2) is 12.1 Å². The van der Waals surface area contributed by atoms with Gasteiger partial charge in [-0.1, -0.05) is 23.2 Å². The minimum Gasteiger partial charge on any atom is -0.477 e. The van der Waals surface area contributed by atoms with Crippen molar-refractivity contribution in [3.8, 4) is 17.0 Å². The average Bonchev–Trinajstić information content (AvgIpc) is 2.90. The number of methoxy groups -OCH3 is 1. The van der Waals surface area contributed by atoms with Crippen LogP contribution in [0.25, 0.3) is 11.3 Å². The Morgan fingerprint density at radius 1 is 1.32 bits per heavy atom. The highest BCUT2D eigenvalue weighted by Gasteiger charge is 2.38. The fourth-order valence-corrected chi connectivity index (χ4v) is 3.08.